The molecule has 118 valence electrons. The fourth-order valence-electron chi connectivity index (χ4n) is 2.62. The van der Waals surface area contributed by atoms with Crippen LogP contribution in [0.5, 0.6) is 6.01 Å². The van der Waals surface area contributed by atoms with Crippen molar-refractivity contribution in [2.24, 2.45) is 11.8 Å². The number of ether oxygens (including phenoxy) is 1. The number of aromatic nitrogens is 3. The van der Waals surface area contributed by atoms with Gasteiger partial charge in [0.05, 0.1) is 6.61 Å². The SMILES string of the molecule is CCCOc1nc(NN)nc(NC2CCCCCC2C)n1. The van der Waals surface area contributed by atoms with Crippen LogP contribution < -0.4 is 21.3 Å². The van der Waals surface area contributed by atoms with Crippen LogP contribution >= 0.6 is 0 Å². The highest BCUT2D eigenvalue weighted by Crippen LogP contribution is 2.25. The molecule has 0 amide bonds. The van der Waals surface area contributed by atoms with E-state index < -0.39 is 0 Å². The Morgan fingerprint density at radius 2 is 1.90 bits per heavy atom. The van der Waals surface area contributed by atoms with Crippen molar-refractivity contribution >= 4 is 11.9 Å². The lowest BCUT2D eigenvalue weighted by molar-refractivity contribution is 0.292. The second-order valence-corrected chi connectivity index (χ2v) is 5.62. The van der Waals surface area contributed by atoms with Crippen molar-refractivity contribution < 1.29 is 4.74 Å². The number of rotatable bonds is 6. The van der Waals surface area contributed by atoms with Crippen LogP contribution in [-0.2, 0) is 0 Å². The van der Waals surface area contributed by atoms with Crippen LogP contribution in [0, 0.1) is 5.92 Å². The third-order valence-electron chi connectivity index (χ3n) is 3.86. The lowest BCUT2D eigenvalue weighted by atomic mass is 9.97. The summed E-state index contributed by atoms with van der Waals surface area (Å²) in [5, 5.41) is 3.42. The molecule has 0 aromatic carbocycles. The van der Waals surface area contributed by atoms with Gasteiger partial charge < -0.3 is 10.1 Å². The Morgan fingerprint density at radius 1 is 1.14 bits per heavy atom. The smallest absolute Gasteiger partial charge is 0.323 e. The summed E-state index contributed by atoms with van der Waals surface area (Å²) < 4.78 is 5.48. The molecule has 7 nitrogen and oxygen atoms in total. The number of nitrogens with zero attached hydrogens (tertiary/aromatic N) is 3. The molecule has 2 atom stereocenters. The second-order valence-electron chi connectivity index (χ2n) is 5.62. The molecule has 0 radical (unpaired) electrons. The highest BCUT2D eigenvalue weighted by atomic mass is 16.5. The van der Waals surface area contributed by atoms with E-state index in [4.69, 9.17) is 10.6 Å². The van der Waals surface area contributed by atoms with Gasteiger partial charge in [-0.25, -0.2) is 5.84 Å². The highest BCUT2D eigenvalue weighted by molar-refractivity contribution is 5.35. The van der Waals surface area contributed by atoms with E-state index in [-0.39, 0.29) is 0 Å². The molecule has 21 heavy (non-hydrogen) atoms. The van der Waals surface area contributed by atoms with E-state index in [1.54, 1.807) is 0 Å². The van der Waals surface area contributed by atoms with Crippen LogP contribution in [0.3, 0.4) is 0 Å². The minimum absolute atomic E-state index is 0.309. The van der Waals surface area contributed by atoms with Crippen molar-refractivity contribution in [3.8, 4) is 6.01 Å². The average molecular weight is 294 g/mol. The molecule has 1 aromatic rings. The first kappa shape index (κ1) is 15.8. The van der Waals surface area contributed by atoms with Crippen LogP contribution in [0.25, 0.3) is 0 Å². The van der Waals surface area contributed by atoms with Gasteiger partial charge in [-0.05, 0) is 25.2 Å². The normalized spacial score (nSPS) is 22.4. The monoisotopic (exact) mass is 294 g/mol. The Labute approximate surface area is 126 Å². The van der Waals surface area contributed by atoms with Gasteiger partial charge in [0, 0.05) is 6.04 Å². The predicted octanol–water partition coefficient (Wildman–Crippen LogP) is 2.33. The minimum atomic E-state index is 0.309. The lowest BCUT2D eigenvalue weighted by Gasteiger charge is -2.22. The molecule has 7 heteroatoms. The van der Waals surface area contributed by atoms with Crippen molar-refractivity contribution in [2.45, 2.75) is 58.4 Å². The van der Waals surface area contributed by atoms with Crippen molar-refractivity contribution in [1.29, 1.82) is 0 Å². The minimum Gasteiger partial charge on any atom is -0.463 e. The van der Waals surface area contributed by atoms with E-state index >= 15 is 0 Å². The van der Waals surface area contributed by atoms with Gasteiger partial charge in [-0.15, -0.1) is 0 Å². The van der Waals surface area contributed by atoms with Crippen molar-refractivity contribution in [3.63, 3.8) is 0 Å². The molecule has 0 saturated heterocycles. The average Bonchev–Trinajstić information content (AvgIpc) is 2.70. The Balaban J connectivity index is 2.09. The Morgan fingerprint density at radius 3 is 2.67 bits per heavy atom. The van der Waals surface area contributed by atoms with Gasteiger partial charge in [0.15, 0.2) is 0 Å². The van der Waals surface area contributed by atoms with Crippen molar-refractivity contribution in [2.75, 3.05) is 17.3 Å². The highest BCUT2D eigenvalue weighted by Gasteiger charge is 2.21. The van der Waals surface area contributed by atoms with E-state index in [1.807, 2.05) is 6.92 Å². The first-order valence-electron chi connectivity index (χ1n) is 7.85. The van der Waals surface area contributed by atoms with Gasteiger partial charge in [0.25, 0.3) is 0 Å². The maximum absolute atomic E-state index is 5.48. The Kier molecular flexibility index (Phi) is 5.98. The summed E-state index contributed by atoms with van der Waals surface area (Å²) in [6, 6.07) is 0.697. The number of nitrogens with one attached hydrogen (secondary N) is 2. The summed E-state index contributed by atoms with van der Waals surface area (Å²) in [5.41, 5.74) is 2.46. The summed E-state index contributed by atoms with van der Waals surface area (Å²) in [4.78, 5) is 12.7. The number of hydrazine groups is 1. The van der Waals surface area contributed by atoms with Gasteiger partial charge in [-0.2, -0.15) is 15.0 Å². The zero-order valence-electron chi connectivity index (χ0n) is 12.9. The second kappa shape index (κ2) is 7.97. The van der Waals surface area contributed by atoms with Gasteiger partial charge in [-0.3, -0.25) is 5.43 Å². The van der Waals surface area contributed by atoms with Crippen LogP contribution in [0.15, 0.2) is 0 Å². The Hall–Kier alpha value is -1.63. The maximum atomic E-state index is 5.48. The molecule has 2 unspecified atom stereocenters. The van der Waals surface area contributed by atoms with E-state index in [9.17, 15) is 0 Å². The molecule has 1 aromatic heterocycles. The molecule has 1 aliphatic carbocycles. The third kappa shape index (κ3) is 4.70. The first-order valence-corrected chi connectivity index (χ1v) is 7.85. The number of anilines is 2. The molecule has 1 heterocycles. The van der Waals surface area contributed by atoms with E-state index in [0.717, 1.165) is 12.8 Å². The molecule has 1 fully saturated rings. The number of nitrogen functional groups attached to an aromatic ring is 1. The van der Waals surface area contributed by atoms with Crippen LogP contribution in [0.2, 0.25) is 0 Å². The van der Waals surface area contributed by atoms with E-state index in [2.05, 4.69) is 32.6 Å². The van der Waals surface area contributed by atoms with Crippen molar-refractivity contribution in [3.05, 3.63) is 0 Å². The molecule has 1 saturated carbocycles. The predicted molar refractivity (Wildman–Crippen MR) is 83.1 cm³/mol. The number of hydrogen-bond donors (Lipinski definition) is 3. The number of nitrogens with two attached hydrogens (primary N) is 1. The molecule has 1 aliphatic rings. The quantitative estimate of drug-likeness (QED) is 0.421. The summed E-state index contributed by atoms with van der Waals surface area (Å²) in [6.07, 6.45) is 7.14. The van der Waals surface area contributed by atoms with Crippen LogP contribution in [0.1, 0.15) is 52.4 Å². The maximum Gasteiger partial charge on any atom is 0.323 e. The van der Waals surface area contributed by atoms with Crippen molar-refractivity contribution in [1.82, 2.24) is 15.0 Å². The van der Waals surface area contributed by atoms with Gasteiger partial charge in [-0.1, -0.05) is 33.1 Å². The Bertz CT molecular complexity index is 441. The lowest BCUT2D eigenvalue weighted by Crippen LogP contribution is -2.28. The molecular weight excluding hydrogens is 268 g/mol. The topological polar surface area (TPSA) is 98.0 Å². The summed E-state index contributed by atoms with van der Waals surface area (Å²) in [5.74, 6) is 6.88. The molecular formula is C14H26N6O. The standard InChI is InChI=1S/C14H26N6O/c1-3-9-21-14-18-12(17-13(19-14)20-15)16-11-8-6-4-5-7-10(11)2/h10-11H,3-9,15H2,1-2H3,(H2,16,17,18,19,20). The fraction of sp³-hybridized carbons (Fsp3) is 0.786. The van der Waals surface area contributed by atoms with E-state index in [1.165, 1.54) is 25.7 Å². The first-order chi connectivity index (χ1) is 10.2. The van der Waals surface area contributed by atoms with Crippen LogP contribution in [-0.4, -0.2) is 27.6 Å². The van der Waals surface area contributed by atoms with Gasteiger partial charge in [0.1, 0.15) is 0 Å². The zero-order valence-corrected chi connectivity index (χ0v) is 12.9. The third-order valence-corrected chi connectivity index (χ3v) is 3.86. The summed E-state index contributed by atoms with van der Waals surface area (Å²) >= 11 is 0. The molecule has 0 bridgehead atoms. The van der Waals surface area contributed by atoms with E-state index in [0.29, 0.717) is 36.5 Å². The largest absolute Gasteiger partial charge is 0.463 e. The van der Waals surface area contributed by atoms with Gasteiger partial charge >= 0.3 is 6.01 Å². The zero-order chi connectivity index (χ0) is 15.1. The molecule has 0 spiro atoms. The molecule has 4 N–H and O–H groups in total. The molecule has 2 rings (SSSR count). The summed E-state index contributed by atoms with van der Waals surface area (Å²) in [6.45, 7) is 4.89. The number of hydrogen-bond acceptors (Lipinski definition) is 7. The fourth-order valence-corrected chi connectivity index (χ4v) is 2.62. The van der Waals surface area contributed by atoms with Gasteiger partial charge in [0.2, 0.25) is 11.9 Å². The summed E-state index contributed by atoms with van der Waals surface area (Å²) in [7, 11) is 0. The van der Waals surface area contributed by atoms with Crippen LogP contribution in [0.4, 0.5) is 11.9 Å². The molecule has 0 aliphatic heterocycles.